The molecule has 0 saturated heterocycles. The first-order valence-electron chi connectivity index (χ1n) is 7.72. The molecule has 0 unspecified atom stereocenters. The molecule has 0 rings (SSSR count). The van der Waals surface area contributed by atoms with Crippen molar-refractivity contribution in [2.24, 2.45) is 5.73 Å². The van der Waals surface area contributed by atoms with Gasteiger partial charge in [0.2, 0.25) is 5.78 Å². The van der Waals surface area contributed by atoms with Crippen molar-refractivity contribution < 1.29 is 13.9 Å². The summed E-state index contributed by atoms with van der Waals surface area (Å²) in [5, 5.41) is 7.25. The lowest BCUT2D eigenvalue weighted by molar-refractivity contribution is -0.115. The van der Waals surface area contributed by atoms with Crippen molar-refractivity contribution in [2.45, 2.75) is 65.5 Å². The zero-order valence-electron chi connectivity index (χ0n) is 14.2. The molecule has 0 spiro atoms. The summed E-state index contributed by atoms with van der Waals surface area (Å²) in [4.78, 5) is 12.0. The van der Waals surface area contributed by atoms with E-state index in [4.69, 9.17) is 15.9 Å². The van der Waals surface area contributed by atoms with Crippen LogP contribution >= 0.6 is 0 Å². The second-order valence-corrected chi connectivity index (χ2v) is 5.96. The predicted octanol–water partition coefficient (Wildman–Crippen LogP) is 4.06. The molecule has 0 amide bonds. The largest absolute Gasteiger partial charge is 0.489 e. The van der Waals surface area contributed by atoms with Gasteiger partial charge in [-0.05, 0) is 40.5 Å². The lowest BCUT2D eigenvalue weighted by Gasteiger charge is -2.13. The molecule has 126 valence electrons. The van der Waals surface area contributed by atoms with E-state index in [0.29, 0.717) is 18.6 Å². The highest BCUT2D eigenvalue weighted by atomic mass is 19.1. The van der Waals surface area contributed by atoms with Gasteiger partial charge in [0.05, 0.1) is 12.3 Å². The van der Waals surface area contributed by atoms with Crippen LogP contribution in [0.4, 0.5) is 4.39 Å². The first-order valence-corrected chi connectivity index (χ1v) is 7.72. The highest BCUT2D eigenvalue weighted by Crippen LogP contribution is 2.18. The second-order valence-electron chi connectivity index (χ2n) is 5.96. The van der Waals surface area contributed by atoms with Crippen molar-refractivity contribution in [1.29, 1.82) is 5.41 Å². The zero-order valence-corrected chi connectivity index (χ0v) is 14.2. The van der Waals surface area contributed by atoms with E-state index < -0.39 is 5.67 Å². The number of hydrogen-bond donors (Lipinski definition) is 2. The van der Waals surface area contributed by atoms with Crippen LogP contribution in [0.3, 0.4) is 0 Å². The molecule has 0 fully saturated rings. The Kier molecular flexibility index (Phi) is 9.38. The third-order valence-electron chi connectivity index (χ3n) is 3.27. The number of hydrogen-bond acceptors (Lipinski definition) is 4. The molecular weight excluding hydrogens is 283 g/mol. The maximum Gasteiger partial charge on any atom is 0.243 e. The van der Waals surface area contributed by atoms with Gasteiger partial charge in [0, 0.05) is 11.8 Å². The van der Waals surface area contributed by atoms with Gasteiger partial charge in [-0.15, -0.1) is 0 Å². The smallest absolute Gasteiger partial charge is 0.243 e. The van der Waals surface area contributed by atoms with Crippen LogP contribution in [-0.4, -0.2) is 24.3 Å². The molecule has 0 bridgehead atoms. The SMILES string of the molecule is C/C=C(/N)C(=O)/C(OCCCCCCC(C)(C)F)=C(/C)C=N. The summed E-state index contributed by atoms with van der Waals surface area (Å²) in [5.74, 6) is -0.252. The molecule has 0 aromatic heterocycles. The van der Waals surface area contributed by atoms with Crippen LogP contribution in [0.15, 0.2) is 23.1 Å². The number of ketones is 1. The first kappa shape index (κ1) is 20.3. The van der Waals surface area contributed by atoms with Crippen molar-refractivity contribution in [3.8, 4) is 0 Å². The first-order chi connectivity index (χ1) is 10.2. The van der Waals surface area contributed by atoms with E-state index in [1.54, 1.807) is 27.7 Å². The number of unbranched alkanes of at least 4 members (excludes halogenated alkanes) is 3. The summed E-state index contributed by atoms with van der Waals surface area (Å²) >= 11 is 0. The molecule has 0 heterocycles. The Hall–Kier alpha value is -1.65. The van der Waals surface area contributed by atoms with Gasteiger partial charge in [0.1, 0.15) is 5.67 Å². The van der Waals surface area contributed by atoms with Crippen LogP contribution in [0, 0.1) is 5.41 Å². The number of nitrogens with two attached hydrogens (primary N) is 1. The van der Waals surface area contributed by atoms with Crippen molar-refractivity contribution in [2.75, 3.05) is 6.61 Å². The van der Waals surface area contributed by atoms with Gasteiger partial charge < -0.3 is 15.9 Å². The number of ether oxygens (including phenoxy) is 1. The molecule has 0 aliphatic carbocycles. The van der Waals surface area contributed by atoms with Gasteiger partial charge in [-0.3, -0.25) is 4.79 Å². The average molecular weight is 312 g/mol. The maximum atomic E-state index is 13.3. The fourth-order valence-electron chi connectivity index (χ4n) is 1.86. The van der Waals surface area contributed by atoms with Crippen molar-refractivity contribution in [3.05, 3.63) is 23.1 Å². The quantitative estimate of drug-likeness (QED) is 0.261. The summed E-state index contributed by atoms with van der Waals surface area (Å²) in [6.45, 7) is 6.89. The predicted molar refractivity (Wildman–Crippen MR) is 88.7 cm³/mol. The van der Waals surface area contributed by atoms with E-state index >= 15 is 0 Å². The van der Waals surface area contributed by atoms with E-state index in [1.165, 1.54) is 6.08 Å². The fourth-order valence-corrected chi connectivity index (χ4v) is 1.86. The van der Waals surface area contributed by atoms with E-state index in [2.05, 4.69) is 0 Å². The molecular formula is C17H29FN2O2. The van der Waals surface area contributed by atoms with E-state index in [0.717, 1.165) is 31.9 Å². The minimum atomic E-state index is -1.11. The molecule has 0 aliphatic rings. The van der Waals surface area contributed by atoms with Gasteiger partial charge in [-0.25, -0.2) is 4.39 Å². The van der Waals surface area contributed by atoms with Crippen LogP contribution < -0.4 is 5.73 Å². The molecule has 0 atom stereocenters. The third-order valence-corrected chi connectivity index (χ3v) is 3.27. The van der Waals surface area contributed by atoms with Crippen LogP contribution in [0.25, 0.3) is 0 Å². The highest BCUT2D eigenvalue weighted by Gasteiger charge is 2.16. The van der Waals surface area contributed by atoms with E-state index in [9.17, 15) is 9.18 Å². The molecule has 0 aromatic rings. The number of carbonyl (C=O) groups is 1. The lowest BCUT2D eigenvalue weighted by Crippen LogP contribution is -2.17. The van der Waals surface area contributed by atoms with Gasteiger partial charge >= 0.3 is 0 Å². The number of rotatable bonds is 11. The lowest BCUT2D eigenvalue weighted by atomic mass is 10.0. The van der Waals surface area contributed by atoms with Crippen LogP contribution in [0.1, 0.15) is 59.8 Å². The topological polar surface area (TPSA) is 76.2 Å². The molecule has 3 N–H and O–H groups in total. The Bertz CT molecular complexity index is 434. The Morgan fingerprint density at radius 2 is 1.86 bits per heavy atom. The maximum absolute atomic E-state index is 13.3. The molecule has 0 aliphatic heterocycles. The molecule has 22 heavy (non-hydrogen) atoms. The Morgan fingerprint density at radius 3 is 2.36 bits per heavy atom. The number of alkyl halides is 1. The highest BCUT2D eigenvalue weighted by molar-refractivity contribution is 6.08. The van der Waals surface area contributed by atoms with Gasteiger partial charge in [0.15, 0.2) is 5.76 Å². The Morgan fingerprint density at radius 1 is 1.27 bits per heavy atom. The number of nitrogens with one attached hydrogen (secondary N) is 1. The molecule has 4 nitrogen and oxygen atoms in total. The minimum Gasteiger partial charge on any atom is -0.489 e. The van der Waals surface area contributed by atoms with Gasteiger partial charge in [0.25, 0.3) is 0 Å². The fraction of sp³-hybridized carbons (Fsp3) is 0.647. The van der Waals surface area contributed by atoms with E-state index in [1.807, 2.05) is 0 Å². The van der Waals surface area contributed by atoms with Crippen LogP contribution in [0.2, 0.25) is 0 Å². The molecule has 0 saturated carbocycles. The van der Waals surface area contributed by atoms with Crippen molar-refractivity contribution >= 4 is 12.0 Å². The Labute approximate surface area is 133 Å². The van der Waals surface area contributed by atoms with Crippen LogP contribution in [-0.2, 0) is 9.53 Å². The number of Topliss-reactive ketones (excluding diaryl/α,β-unsaturated/α-hetero) is 1. The van der Waals surface area contributed by atoms with Gasteiger partial charge in [-0.2, -0.15) is 0 Å². The number of carbonyl (C=O) groups excluding carboxylic acids is 1. The normalized spacial score (nSPS) is 13.6. The van der Waals surface area contributed by atoms with E-state index in [-0.39, 0.29) is 17.2 Å². The standard InChI is InChI=1S/C17H29FN2O2/c1-5-14(20)15(21)16(13(2)12-19)22-11-9-7-6-8-10-17(3,4)18/h5,12,19H,6-11,20H2,1-4H3/b14-5+,16-13+,19-12?. The summed E-state index contributed by atoms with van der Waals surface area (Å²) in [5.41, 5.74) is 5.07. The molecule has 0 aromatic carbocycles. The summed E-state index contributed by atoms with van der Waals surface area (Å²) < 4.78 is 18.8. The summed E-state index contributed by atoms with van der Waals surface area (Å²) in [6.07, 6.45) is 6.63. The van der Waals surface area contributed by atoms with Crippen molar-refractivity contribution in [3.63, 3.8) is 0 Å². The monoisotopic (exact) mass is 312 g/mol. The van der Waals surface area contributed by atoms with Crippen molar-refractivity contribution in [1.82, 2.24) is 0 Å². The number of halogens is 1. The molecule has 0 radical (unpaired) electrons. The summed E-state index contributed by atoms with van der Waals surface area (Å²) in [7, 11) is 0. The second kappa shape index (κ2) is 10.1. The average Bonchev–Trinajstić information content (AvgIpc) is 2.46. The zero-order chi connectivity index (χ0) is 17.2. The molecule has 5 heteroatoms. The number of allylic oxidation sites excluding steroid dienone is 2. The summed E-state index contributed by atoms with van der Waals surface area (Å²) in [6, 6.07) is 0. The minimum absolute atomic E-state index is 0.112. The van der Waals surface area contributed by atoms with Gasteiger partial charge in [-0.1, -0.05) is 25.3 Å². The van der Waals surface area contributed by atoms with Crippen LogP contribution in [0.5, 0.6) is 0 Å². The Balaban J connectivity index is 4.23. The third kappa shape index (κ3) is 8.60.